The van der Waals surface area contributed by atoms with Crippen LogP contribution in [0.3, 0.4) is 0 Å². The highest BCUT2D eigenvalue weighted by molar-refractivity contribution is 9.10. The standard InChI is InChI=1S/C21H23BrClN3O4S/c1-13(2)9-10-29-17-6-4-3-5-15(17)20(28)24-21(31)26-25-19(27)12-30-18-8-7-14(23)11-16(18)22/h3-8,11,13H,9-10,12H2,1-2H3,(H,25,27)(H2,24,26,28,31). The zero-order valence-electron chi connectivity index (χ0n) is 17.0. The van der Waals surface area contributed by atoms with Gasteiger partial charge >= 0.3 is 0 Å². The molecule has 0 bridgehead atoms. The van der Waals surface area contributed by atoms with E-state index in [1.807, 2.05) is 0 Å². The van der Waals surface area contributed by atoms with Gasteiger partial charge in [0, 0.05) is 5.02 Å². The molecule has 3 N–H and O–H groups in total. The molecule has 0 spiro atoms. The van der Waals surface area contributed by atoms with Crippen molar-refractivity contribution < 1.29 is 19.1 Å². The number of carbonyl (C=O) groups excluding carboxylic acids is 2. The molecule has 166 valence electrons. The Bertz CT molecular complexity index is 943. The molecule has 0 aliphatic carbocycles. The second-order valence-corrected chi connectivity index (χ2v) is 8.55. The van der Waals surface area contributed by atoms with Gasteiger partial charge in [0.1, 0.15) is 11.5 Å². The number of hydrogen-bond donors (Lipinski definition) is 3. The van der Waals surface area contributed by atoms with Crippen LogP contribution >= 0.6 is 39.7 Å². The molecule has 7 nitrogen and oxygen atoms in total. The third-order valence-electron chi connectivity index (χ3n) is 3.88. The number of thiocarbonyl (C=S) groups is 1. The highest BCUT2D eigenvalue weighted by atomic mass is 79.9. The van der Waals surface area contributed by atoms with E-state index in [2.05, 4.69) is 45.9 Å². The van der Waals surface area contributed by atoms with Crippen molar-refractivity contribution in [3.8, 4) is 11.5 Å². The van der Waals surface area contributed by atoms with Crippen LogP contribution in [0.2, 0.25) is 5.02 Å². The summed E-state index contributed by atoms with van der Waals surface area (Å²) >= 11 is 14.2. The third kappa shape index (κ3) is 8.72. The molecule has 2 amide bonds. The fourth-order valence-corrected chi connectivity index (χ4v) is 3.23. The highest BCUT2D eigenvalue weighted by Crippen LogP contribution is 2.27. The SMILES string of the molecule is CC(C)CCOc1ccccc1C(=O)NC(=S)NNC(=O)COc1ccc(Cl)cc1Br. The molecule has 31 heavy (non-hydrogen) atoms. The van der Waals surface area contributed by atoms with Crippen LogP contribution in [0.4, 0.5) is 0 Å². The fourth-order valence-electron chi connectivity index (χ4n) is 2.28. The van der Waals surface area contributed by atoms with Crippen LogP contribution in [0.1, 0.15) is 30.6 Å². The molecule has 10 heteroatoms. The monoisotopic (exact) mass is 527 g/mol. The summed E-state index contributed by atoms with van der Waals surface area (Å²) in [5.41, 5.74) is 5.17. The van der Waals surface area contributed by atoms with E-state index >= 15 is 0 Å². The Hall–Kier alpha value is -2.36. The summed E-state index contributed by atoms with van der Waals surface area (Å²) in [6, 6.07) is 11.8. The molecule has 0 saturated heterocycles. The van der Waals surface area contributed by atoms with Crippen molar-refractivity contribution in [2.75, 3.05) is 13.2 Å². The Kier molecular flexibility index (Phi) is 10.0. The van der Waals surface area contributed by atoms with E-state index in [4.69, 9.17) is 33.3 Å². The van der Waals surface area contributed by atoms with E-state index < -0.39 is 11.8 Å². The van der Waals surface area contributed by atoms with Gasteiger partial charge in [-0.2, -0.15) is 0 Å². The first-order chi connectivity index (χ1) is 14.8. The quantitative estimate of drug-likeness (QED) is 0.351. The van der Waals surface area contributed by atoms with Gasteiger partial charge in [-0.05, 0) is 70.8 Å². The number of hydrogen-bond acceptors (Lipinski definition) is 5. The molecule has 0 aliphatic heterocycles. The summed E-state index contributed by atoms with van der Waals surface area (Å²) in [7, 11) is 0. The molecule has 0 atom stereocenters. The molecular weight excluding hydrogens is 506 g/mol. The second kappa shape index (κ2) is 12.5. The lowest BCUT2D eigenvalue weighted by Gasteiger charge is -2.14. The van der Waals surface area contributed by atoms with Gasteiger partial charge in [0.2, 0.25) is 0 Å². The normalized spacial score (nSPS) is 10.4. The van der Waals surface area contributed by atoms with Crippen LogP contribution in [0.15, 0.2) is 46.9 Å². The zero-order chi connectivity index (χ0) is 22.8. The van der Waals surface area contributed by atoms with Gasteiger partial charge in [-0.15, -0.1) is 0 Å². The topological polar surface area (TPSA) is 88.7 Å². The van der Waals surface area contributed by atoms with E-state index in [9.17, 15) is 9.59 Å². The average Bonchev–Trinajstić information content (AvgIpc) is 2.71. The smallest absolute Gasteiger partial charge is 0.276 e. The predicted molar refractivity (Wildman–Crippen MR) is 127 cm³/mol. The molecule has 0 aromatic heterocycles. The maximum absolute atomic E-state index is 12.5. The van der Waals surface area contributed by atoms with Gasteiger partial charge in [-0.3, -0.25) is 25.8 Å². The Balaban J connectivity index is 1.80. The Labute approximate surface area is 199 Å². The van der Waals surface area contributed by atoms with E-state index in [1.165, 1.54) is 0 Å². The zero-order valence-corrected chi connectivity index (χ0v) is 20.2. The number of nitrogens with one attached hydrogen (secondary N) is 3. The maximum Gasteiger partial charge on any atom is 0.276 e. The van der Waals surface area contributed by atoms with Crippen LogP contribution in [0.5, 0.6) is 11.5 Å². The lowest BCUT2D eigenvalue weighted by atomic mass is 10.1. The van der Waals surface area contributed by atoms with Crippen molar-refractivity contribution in [2.45, 2.75) is 20.3 Å². The molecule has 0 unspecified atom stereocenters. The number of ether oxygens (including phenoxy) is 2. The maximum atomic E-state index is 12.5. The van der Waals surface area contributed by atoms with Gasteiger partial charge in [0.05, 0.1) is 16.6 Å². The number of para-hydroxylation sites is 1. The van der Waals surface area contributed by atoms with Crippen LogP contribution in [0, 0.1) is 5.92 Å². The van der Waals surface area contributed by atoms with Crippen molar-refractivity contribution in [2.24, 2.45) is 5.92 Å². The minimum atomic E-state index is -0.490. The molecule has 2 aromatic rings. The molecule has 0 aliphatic rings. The van der Waals surface area contributed by atoms with Gasteiger partial charge in [-0.25, -0.2) is 0 Å². The van der Waals surface area contributed by atoms with Gasteiger partial charge < -0.3 is 9.47 Å². The third-order valence-corrected chi connectivity index (χ3v) is 4.94. The Morgan fingerprint density at radius 3 is 2.55 bits per heavy atom. The molecule has 0 saturated carbocycles. The minimum absolute atomic E-state index is 0.0667. The number of carbonyl (C=O) groups is 2. The Morgan fingerprint density at radius 1 is 1.10 bits per heavy atom. The number of amides is 2. The fraction of sp³-hybridized carbons (Fsp3) is 0.286. The van der Waals surface area contributed by atoms with Crippen molar-refractivity contribution in [1.82, 2.24) is 16.2 Å². The van der Waals surface area contributed by atoms with E-state index in [-0.39, 0.29) is 11.7 Å². The molecule has 2 aromatic carbocycles. The van der Waals surface area contributed by atoms with Crippen molar-refractivity contribution in [3.63, 3.8) is 0 Å². The summed E-state index contributed by atoms with van der Waals surface area (Å²) in [6.45, 7) is 4.43. The summed E-state index contributed by atoms with van der Waals surface area (Å²) in [4.78, 5) is 24.5. The Morgan fingerprint density at radius 2 is 1.84 bits per heavy atom. The van der Waals surface area contributed by atoms with Crippen molar-refractivity contribution >= 4 is 56.7 Å². The van der Waals surface area contributed by atoms with Crippen molar-refractivity contribution in [3.05, 3.63) is 57.5 Å². The van der Waals surface area contributed by atoms with Crippen LogP contribution < -0.4 is 25.6 Å². The van der Waals surface area contributed by atoms with Crippen LogP contribution in [0.25, 0.3) is 0 Å². The average molecular weight is 529 g/mol. The number of benzene rings is 2. The summed E-state index contributed by atoms with van der Waals surface area (Å²) < 4.78 is 11.7. The molecule has 2 rings (SSSR count). The van der Waals surface area contributed by atoms with E-state index in [0.29, 0.717) is 39.1 Å². The van der Waals surface area contributed by atoms with E-state index in [1.54, 1.807) is 42.5 Å². The summed E-state index contributed by atoms with van der Waals surface area (Å²) in [5.74, 6) is 0.481. The minimum Gasteiger partial charge on any atom is -0.493 e. The summed E-state index contributed by atoms with van der Waals surface area (Å²) in [5, 5.41) is 2.98. The predicted octanol–water partition coefficient (Wildman–Crippen LogP) is 4.24. The first-order valence-electron chi connectivity index (χ1n) is 9.46. The number of rotatable bonds is 8. The van der Waals surface area contributed by atoms with E-state index in [0.717, 1.165) is 6.42 Å². The molecule has 0 heterocycles. The number of halogens is 2. The molecule has 0 radical (unpaired) electrons. The van der Waals surface area contributed by atoms with Crippen LogP contribution in [-0.4, -0.2) is 30.1 Å². The highest BCUT2D eigenvalue weighted by Gasteiger charge is 2.14. The van der Waals surface area contributed by atoms with Gasteiger partial charge in [0.25, 0.3) is 11.8 Å². The lowest BCUT2D eigenvalue weighted by Crippen LogP contribution is -2.49. The second-order valence-electron chi connectivity index (χ2n) is 6.85. The first-order valence-corrected chi connectivity index (χ1v) is 11.0. The number of hydrazine groups is 1. The first kappa shape index (κ1) is 24.9. The van der Waals surface area contributed by atoms with Crippen molar-refractivity contribution in [1.29, 1.82) is 0 Å². The van der Waals surface area contributed by atoms with Gasteiger partial charge in [-0.1, -0.05) is 37.6 Å². The molecular formula is C21H23BrClN3O4S. The lowest BCUT2D eigenvalue weighted by molar-refractivity contribution is -0.123. The van der Waals surface area contributed by atoms with Gasteiger partial charge in [0.15, 0.2) is 11.7 Å². The summed E-state index contributed by atoms with van der Waals surface area (Å²) in [6.07, 6.45) is 0.872. The molecule has 0 fully saturated rings. The largest absolute Gasteiger partial charge is 0.493 e. The van der Waals surface area contributed by atoms with Crippen LogP contribution in [-0.2, 0) is 4.79 Å².